The Morgan fingerprint density at radius 1 is 1.00 bits per heavy atom. The molecule has 0 aromatic rings. The Bertz CT molecular complexity index is 227. The van der Waals surface area contributed by atoms with Crippen molar-refractivity contribution in [3.05, 3.63) is 0 Å². The van der Waals surface area contributed by atoms with Crippen molar-refractivity contribution in [3.63, 3.8) is 0 Å². The van der Waals surface area contributed by atoms with Crippen LogP contribution in [0.2, 0.25) is 0 Å². The van der Waals surface area contributed by atoms with E-state index in [1.165, 1.54) is 20.8 Å². The monoisotopic (exact) mass is 236 g/mol. The van der Waals surface area contributed by atoms with Crippen LogP contribution in [-0.4, -0.2) is 22.0 Å². The molecule has 0 saturated carbocycles. The molecule has 0 aromatic heterocycles. The van der Waals surface area contributed by atoms with Crippen LogP contribution in [-0.2, 0) is 4.79 Å². The summed E-state index contributed by atoms with van der Waals surface area (Å²) in [5.41, 5.74) is 0. The van der Waals surface area contributed by atoms with Crippen LogP contribution in [0, 0.1) is 0 Å². The number of rotatable bonds is 2. The minimum absolute atomic E-state index is 0.309. The van der Waals surface area contributed by atoms with E-state index in [0.29, 0.717) is 0 Å². The van der Waals surface area contributed by atoms with Gasteiger partial charge < -0.3 is 0 Å². The highest BCUT2D eigenvalue weighted by atomic mass is 32.2. The van der Waals surface area contributed by atoms with E-state index in [2.05, 4.69) is 0 Å². The summed E-state index contributed by atoms with van der Waals surface area (Å²) in [7, 11) is 0. The lowest BCUT2D eigenvalue weighted by Gasteiger charge is -2.24. The molecule has 1 nitrogen and oxygen atoms in total. The molecule has 0 saturated heterocycles. The summed E-state index contributed by atoms with van der Waals surface area (Å²) < 4.78 is 59.3. The van der Waals surface area contributed by atoms with Gasteiger partial charge in [0.05, 0.1) is 0 Å². The Kier molecular flexibility index (Phi) is 3.59. The maximum Gasteiger partial charge on any atom is 0.457 e. The first-order valence-corrected chi connectivity index (χ1v) is 4.37. The molecule has 0 fully saturated rings. The third-order valence-corrected chi connectivity index (χ3v) is 2.01. The number of carbonyl (C=O) groups is 1. The second kappa shape index (κ2) is 3.67. The van der Waals surface area contributed by atoms with Gasteiger partial charge in [0.2, 0.25) is 0 Å². The average molecular weight is 236 g/mol. The van der Waals surface area contributed by atoms with Crippen molar-refractivity contribution in [2.45, 2.75) is 36.9 Å². The number of thioether (sulfide) groups is 1. The van der Waals surface area contributed by atoms with Gasteiger partial charge in [-0.1, -0.05) is 32.5 Å². The van der Waals surface area contributed by atoms with Crippen LogP contribution >= 0.6 is 11.8 Å². The van der Waals surface area contributed by atoms with Crippen molar-refractivity contribution in [1.82, 2.24) is 0 Å². The molecule has 0 atom stereocenters. The van der Waals surface area contributed by atoms with Gasteiger partial charge in [0.25, 0.3) is 0 Å². The molecule has 0 aliphatic heterocycles. The summed E-state index contributed by atoms with van der Waals surface area (Å²) in [4.78, 5) is 10.3. The van der Waals surface area contributed by atoms with Crippen molar-refractivity contribution < 1.29 is 26.7 Å². The maximum absolute atomic E-state index is 12.7. The summed E-state index contributed by atoms with van der Waals surface area (Å²) in [6.07, 6.45) is -5.50. The van der Waals surface area contributed by atoms with E-state index in [9.17, 15) is 26.7 Å². The maximum atomic E-state index is 12.7. The number of alkyl halides is 5. The predicted molar refractivity (Wildman–Crippen MR) is 43.4 cm³/mol. The Balaban J connectivity index is 4.72. The molecule has 0 N–H and O–H groups in total. The van der Waals surface area contributed by atoms with E-state index in [-0.39, 0.29) is 11.8 Å². The van der Waals surface area contributed by atoms with Crippen molar-refractivity contribution >= 4 is 17.5 Å². The second-order valence-electron chi connectivity index (χ2n) is 3.56. The molecule has 0 aromatic carbocycles. The zero-order valence-electron chi connectivity index (χ0n) is 7.71. The number of hydrogen-bond donors (Lipinski definition) is 0. The summed E-state index contributed by atoms with van der Waals surface area (Å²) in [5, 5.41) is -4.42. The van der Waals surface area contributed by atoms with Gasteiger partial charge in [-0.3, -0.25) is 4.79 Å². The Labute approximate surface area is 82.0 Å². The molecule has 0 unspecified atom stereocenters. The summed E-state index contributed by atoms with van der Waals surface area (Å²) >= 11 is -0.309. The van der Waals surface area contributed by atoms with Crippen LogP contribution in [0.4, 0.5) is 22.0 Å². The number of ketones is 1. The van der Waals surface area contributed by atoms with Crippen molar-refractivity contribution in [2.75, 3.05) is 0 Å². The quantitative estimate of drug-likeness (QED) is 0.684. The van der Waals surface area contributed by atoms with Crippen molar-refractivity contribution in [1.29, 1.82) is 0 Å². The van der Waals surface area contributed by atoms with Gasteiger partial charge in [-0.15, -0.1) is 0 Å². The normalized spacial score (nSPS) is 14.3. The molecule has 84 valence electrons. The lowest BCUT2D eigenvalue weighted by molar-refractivity contribution is -0.185. The molecule has 0 aliphatic carbocycles. The van der Waals surface area contributed by atoms with Gasteiger partial charge in [0.1, 0.15) is 0 Å². The topological polar surface area (TPSA) is 17.1 Å². The van der Waals surface area contributed by atoms with Crippen LogP contribution in [0.5, 0.6) is 0 Å². The molecule has 0 radical (unpaired) electrons. The highest BCUT2D eigenvalue weighted by Gasteiger charge is 2.56. The summed E-state index contributed by atoms with van der Waals surface area (Å²) in [6, 6.07) is 0. The first-order valence-electron chi connectivity index (χ1n) is 3.56. The lowest BCUT2D eigenvalue weighted by atomic mass is 10.3. The molecule has 0 bridgehead atoms. The van der Waals surface area contributed by atoms with Crippen LogP contribution in [0.1, 0.15) is 20.8 Å². The Morgan fingerprint density at radius 2 is 1.36 bits per heavy atom. The fourth-order valence-electron chi connectivity index (χ4n) is 0.596. The molecule has 14 heavy (non-hydrogen) atoms. The first kappa shape index (κ1) is 13.7. The molecule has 0 spiro atoms. The van der Waals surface area contributed by atoms with E-state index in [1.807, 2.05) is 0 Å². The average Bonchev–Trinajstić information content (AvgIpc) is 1.78. The van der Waals surface area contributed by atoms with Gasteiger partial charge in [-0.25, -0.2) is 0 Å². The van der Waals surface area contributed by atoms with E-state index in [1.54, 1.807) is 0 Å². The largest absolute Gasteiger partial charge is 0.457 e. The van der Waals surface area contributed by atoms with Crippen LogP contribution in [0.25, 0.3) is 0 Å². The summed E-state index contributed by atoms with van der Waals surface area (Å²) in [6.45, 7) is 3.90. The van der Waals surface area contributed by atoms with E-state index in [4.69, 9.17) is 0 Å². The predicted octanol–water partition coefficient (Wildman–Crippen LogP) is 3.24. The minimum Gasteiger partial charge on any atom is -0.282 e. The first-order chi connectivity index (χ1) is 5.86. The number of carbonyl (C=O) groups excluding carboxylic acids is 1. The van der Waals surface area contributed by atoms with Gasteiger partial charge in [0, 0.05) is 4.75 Å². The standard InChI is InChI=1S/C7H9F5OS/c1-5(2,3)14-7(11,12)4(13)6(8,9)10/h1-3H3. The number of halogens is 5. The van der Waals surface area contributed by atoms with Crippen molar-refractivity contribution in [2.24, 2.45) is 0 Å². The molecular formula is C7H9F5OS. The SMILES string of the molecule is CC(C)(C)SC(F)(F)C(=O)C(F)(F)F. The molecule has 0 heterocycles. The van der Waals surface area contributed by atoms with Gasteiger partial charge in [0.15, 0.2) is 0 Å². The highest BCUT2D eigenvalue weighted by Crippen LogP contribution is 2.42. The third-order valence-electron chi connectivity index (χ3n) is 0.956. The zero-order chi connectivity index (χ0) is 11.8. The van der Waals surface area contributed by atoms with Crippen LogP contribution in [0.3, 0.4) is 0 Å². The summed E-state index contributed by atoms with van der Waals surface area (Å²) in [5.74, 6) is -3.01. The third kappa shape index (κ3) is 4.26. The van der Waals surface area contributed by atoms with E-state index in [0.717, 1.165) is 0 Å². The zero-order valence-corrected chi connectivity index (χ0v) is 8.52. The molecule has 0 aliphatic rings. The number of Topliss-reactive ketones (excluding diaryl/α,β-unsaturated/α-hetero) is 1. The molecule has 0 amide bonds. The fraction of sp³-hybridized carbons (Fsp3) is 0.857. The fourth-order valence-corrected chi connectivity index (χ4v) is 1.57. The minimum atomic E-state index is -5.50. The van der Waals surface area contributed by atoms with E-state index >= 15 is 0 Å². The van der Waals surface area contributed by atoms with Gasteiger partial charge in [-0.05, 0) is 0 Å². The second-order valence-corrected chi connectivity index (χ2v) is 5.50. The number of hydrogen-bond acceptors (Lipinski definition) is 2. The molecule has 7 heteroatoms. The van der Waals surface area contributed by atoms with Crippen molar-refractivity contribution in [3.8, 4) is 0 Å². The lowest BCUT2D eigenvalue weighted by Crippen LogP contribution is -2.39. The van der Waals surface area contributed by atoms with Crippen LogP contribution < -0.4 is 0 Å². The van der Waals surface area contributed by atoms with Gasteiger partial charge in [-0.2, -0.15) is 22.0 Å². The molecule has 0 rings (SSSR count). The smallest absolute Gasteiger partial charge is 0.282 e. The Hall–Kier alpha value is -0.330. The molecular weight excluding hydrogens is 227 g/mol. The van der Waals surface area contributed by atoms with Gasteiger partial charge >= 0.3 is 17.2 Å². The van der Waals surface area contributed by atoms with Crippen LogP contribution in [0.15, 0.2) is 0 Å². The highest BCUT2D eigenvalue weighted by molar-refractivity contribution is 8.02. The van der Waals surface area contributed by atoms with E-state index < -0.39 is 22.0 Å². The Morgan fingerprint density at radius 3 is 1.57 bits per heavy atom.